The number of amides is 2. The Labute approximate surface area is 148 Å². The Morgan fingerprint density at radius 3 is 2.36 bits per heavy atom. The third kappa shape index (κ3) is 5.68. The van der Waals surface area contributed by atoms with Crippen molar-refractivity contribution in [1.82, 2.24) is 5.32 Å². The van der Waals surface area contributed by atoms with Crippen molar-refractivity contribution in [2.45, 2.75) is 6.61 Å². The summed E-state index contributed by atoms with van der Waals surface area (Å²) < 4.78 is 38.1. The summed E-state index contributed by atoms with van der Waals surface area (Å²) in [5.41, 5.74) is 0.0382. The Hall–Kier alpha value is -2.75. The topological polar surface area (TPSA) is 94.8 Å². The monoisotopic (exact) mass is 417 g/mol. The van der Waals surface area contributed by atoms with Gasteiger partial charge in [0.15, 0.2) is 11.3 Å². The minimum atomic E-state index is -2.98. The van der Waals surface area contributed by atoms with E-state index in [9.17, 15) is 23.2 Å². The third-order valence-electron chi connectivity index (χ3n) is 2.70. The molecule has 0 spiro atoms. The lowest BCUT2D eigenvalue weighted by Crippen LogP contribution is -2.34. The van der Waals surface area contributed by atoms with E-state index in [-0.39, 0.29) is 17.1 Å². The molecule has 0 aliphatic carbocycles. The Morgan fingerprint density at radius 1 is 1.12 bits per heavy atom. The number of hydrogen-bond donors (Lipinski definition) is 1. The second-order valence-electron chi connectivity index (χ2n) is 4.46. The van der Waals surface area contributed by atoms with Crippen LogP contribution in [0.25, 0.3) is 0 Å². The van der Waals surface area contributed by atoms with Gasteiger partial charge in [-0.2, -0.15) is 8.78 Å². The first kappa shape index (κ1) is 18.6. The molecule has 2 amide bonds. The highest BCUT2D eigenvalue weighted by atomic mass is 79.9. The molecule has 0 fully saturated rings. The van der Waals surface area contributed by atoms with Crippen LogP contribution in [0.4, 0.5) is 8.78 Å². The van der Waals surface area contributed by atoms with Gasteiger partial charge in [0.2, 0.25) is 5.76 Å². The smallest absolute Gasteiger partial charge is 0.387 e. The normalized spacial score (nSPS) is 10.4. The fraction of sp³-hybridized carbons (Fsp3) is 0.133. The number of hydrogen-bond acceptors (Lipinski definition) is 6. The van der Waals surface area contributed by atoms with Gasteiger partial charge >= 0.3 is 12.6 Å². The molecule has 0 unspecified atom stereocenters. The van der Waals surface area contributed by atoms with E-state index in [1.165, 1.54) is 24.3 Å². The number of imide groups is 1. The molecule has 10 heteroatoms. The maximum absolute atomic E-state index is 12.0. The molecule has 1 heterocycles. The lowest BCUT2D eigenvalue weighted by molar-refractivity contribution is -0.123. The molecule has 2 aromatic rings. The number of ether oxygens (including phenoxy) is 2. The van der Waals surface area contributed by atoms with Gasteiger partial charge in [-0.1, -0.05) is 0 Å². The molecule has 1 N–H and O–H groups in total. The highest BCUT2D eigenvalue weighted by Crippen LogP contribution is 2.15. The van der Waals surface area contributed by atoms with Gasteiger partial charge < -0.3 is 13.9 Å². The van der Waals surface area contributed by atoms with Crippen LogP contribution in [0.1, 0.15) is 20.9 Å². The molecule has 0 saturated carbocycles. The Bertz CT molecular complexity index is 775. The summed E-state index contributed by atoms with van der Waals surface area (Å²) in [6.07, 6.45) is 0. The van der Waals surface area contributed by atoms with E-state index < -0.39 is 31.0 Å². The third-order valence-corrected chi connectivity index (χ3v) is 3.13. The Morgan fingerprint density at radius 2 is 1.80 bits per heavy atom. The lowest BCUT2D eigenvalue weighted by atomic mass is 10.2. The van der Waals surface area contributed by atoms with Crippen molar-refractivity contribution in [3.05, 3.63) is 52.4 Å². The summed E-state index contributed by atoms with van der Waals surface area (Å²) in [6.45, 7) is -3.68. The van der Waals surface area contributed by atoms with Crippen molar-refractivity contribution in [2.75, 3.05) is 6.61 Å². The van der Waals surface area contributed by atoms with Gasteiger partial charge in [0, 0.05) is 5.56 Å². The summed E-state index contributed by atoms with van der Waals surface area (Å²) in [7, 11) is 0. The standard InChI is InChI=1S/C15H10BrF2NO6/c16-11-6-5-10(25-11)14(22)23-7-12(20)19-13(21)8-1-3-9(4-2-8)24-15(17)18/h1-6,15H,7H2,(H,19,20,21). The van der Waals surface area contributed by atoms with Gasteiger partial charge in [0.25, 0.3) is 11.8 Å². The number of benzene rings is 1. The van der Waals surface area contributed by atoms with E-state index in [2.05, 4.69) is 25.4 Å². The molecule has 1 aromatic carbocycles. The quantitative estimate of drug-likeness (QED) is 0.726. The molecule has 0 aliphatic heterocycles. The first-order valence-corrected chi connectivity index (χ1v) is 7.46. The molecule has 0 saturated heterocycles. The number of furan rings is 1. The van der Waals surface area contributed by atoms with Crippen LogP contribution in [0, 0.1) is 0 Å². The molecular formula is C15H10BrF2NO6. The van der Waals surface area contributed by atoms with Crippen LogP contribution in [0.15, 0.2) is 45.5 Å². The van der Waals surface area contributed by atoms with E-state index in [0.717, 1.165) is 12.1 Å². The average molecular weight is 418 g/mol. The summed E-state index contributed by atoms with van der Waals surface area (Å²) in [5.74, 6) is -2.76. The largest absolute Gasteiger partial charge is 0.450 e. The summed E-state index contributed by atoms with van der Waals surface area (Å²) in [5, 5.41) is 1.98. The van der Waals surface area contributed by atoms with Crippen molar-refractivity contribution < 1.29 is 37.1 Å². The first-order chi connectivity index (χ1) is 11.8. The van der Waals surface area contributed by atoms with Crippen molar-refractivity contribution >= 4 is 33.7 Å². The minimum absolute atomic E-state index is 0.0382. The minimum Gasteiger partial charge on any atom is -0.450 e. The van der Waals surface area contributed by atoms with Crippen LogP contribution in [-0.4, -0.2) is 31.0 Å². The number of rotatable bonds is 6. The molecule has 1 aromatic heterocycles. The van der Waals surface area contributed by atoms with E-state index in [1.807, 2.05) is 5.32 Å². The van der Waals surface area contributed by atoms with Crippen molar-refractivity contribution in [3.8, 4) is 5.75 Å². The number of alkyl halides is 2. The molecule has 0 bridgehead atoms. The molecule has 0 atom stereocenters. The summed E-state index contributed by atoms with van der Waals surface area (Å²) in [4.78, 5) is 35.0. The number of halogens is 3. The highest BCUT2D eigenvalue weighted by molar-refractivity contribution is 9.10. The molecular weight excluding hydrogens is 408 g/mol. The number of carbonyl (C=O) groups is 3. The van der Waals surface area contributed by atoms with Crippen LogP contribution < -0.4 is 10.1 Å². The second kappa shape index (κ2) is 8.38. The Balaban J connectivity index is 1.83. The van der Waals surface area contributed by atoms with Crippen LogP contribution in [-0.2, 0) is 9.53 Å². The van der Waals surface area contributed by atoms with Crippen molar-refractivity contribution in [1.29, 1.82) is 0 Å². The van der Waals surface area contributed by atoms with E-state index in [4.69, 9.17) is 4.42 Å². The molecule has 25 heavy (non-hydrogen) atoms. The molecule has 132 valence electrons. The predicted octanol–water partition coefficient (Wildman–Crippen LogP) is 2.76. The maximum atomic E-state index is 12.0. The molecule has 0 radical (unpaired) electrons. The molecule has 7 nitrogen and oxygen atoms in total. The van der Waals surface area contributed by atoms with Crippen LogP contribution in [0.2, 0.25) is 0 Å². The van der Waals surface area contributed by atoms with E-state index in [1.54, 1.807) is 0 Å². The van der Waals surface area contributed by atoms with Crippen molar-refractivity contribution in [2.24, 2.45) is 0 Å². The van der Waals surface area contributed by atoms with Gasteiger partial charge in [-0.15, -0.1) is 0 Å². The van der Waals surface area contributed by atoms with Gasteiger partial charge in [0.1, 0.15) is 5.75 Å². The molecule has 2 rings (SSSR count). The zero-order chi connectivity index (χ0) is 18.4. The second-order valence-corrected chi connectivity index (χ2v) is 5.24. The zero-order valence-electron chi connectivity index (χ0n) is 12.3. The number of carbonyl (C=O) groups excluding carboxylic acids is 3. The van der Waals surface area contributed by atoms with E-state index >= 15 is 0 Å². The van der Waals surface area contributed by atoms with Crippen LogP contribution in [0.5, 0.6) is 5.75 Å². The van der Waals surface area contributed by atoms with Gasteiger partial charge in [-0.25, -0.2) is 4.79 Å². The van der Waals surface area contributed by atoms with Gasteiger partial charge in [0.05, 0.1) is 0 Å². The Kier molecular flexibility index (Phi) is 6.23. The van der Waals surface area contributed by atoms with Gasteiger partial charge in [-0.05, 0) is 52.3 Å². The number of nitrogens with one attached hydrogen (secondary N) is 1. The SMILES string of the molecule is O=C(COC(=O)c1ccc(Br)o1)NC(=O)c1ccc(OC(F)F)cc1. The summed E-state index contributed by atoms with van der Waals surface area (Å²) >= 11 is 3.01. The average Bonchev–Trinajstić information content (AvgIpc) is 2.99. The maximum Gasteiger partial charge on any atom is 0.387 e. The van der Waals surface area contributed by atoms with Crippen molar-refractivity contribution in [3.63, 3.8) is 0 Å². The first-order valence-electron chi connectivity index (χ1n) is 6.66. The van der Waals surface area contributed by atoms with E-state index in [0.29, 0.717) is 4.67 Å². The van der Waals surface area contributed by atoms with Crippen LogP contribution >= 0.6 is 15.9 Å². The zero-order valence-corrected chi connectivity index (χ0v) is 13.9. The number of esters is 1. The van der Waals surface area contributed by atoms with Crippen LogP contribution in [0.3, 0.4) is 0 Å². The molecule has 0 aliphatic rings. The van der Waals surface area contributed by atoms with Gasteiger partial charge in [-0.3, -0.25) is 14.9 Å². The fourth-order valence-corrected chi connectivity index (χ4v) is 1.96. The summed E-state index contributed by atoms with van der Waals surface area (Å²) in [6, 6.07) is 7.53. The lowest BCUT2D eigenvalue weighted by Gasteiger charge is -2.07. The predicted molar refractivity (Wildman–Crippen MR) is 82.2 cm³/mol. The fourth-order valence-electron chi connectivity index (χ4n) is 1.65. The highest BCUT2D eigenvalue weighted by Gasteiger charge is 2.16.